The third kappa shape index (κ3) is 5.08. The number of carbonyl (C=O) groups is 1. The number of anilines is 1. The van der Waals surface area contributed by atoms with Crippen LogP contribution in [-0.2, 0) is 6.54 Å². The number of carbonyl (C=O) groups excluding carboxylic acids is 1. The van der Waals surface area contributed by atoms with E-state index in [1.165, 1.54) is 6.07 Å². The fourth-order valence-corrected chi connectivity index (χ4v) is 4.19. The summed E-state index contributed by atoms with van der Waals surface area (Å²) in [5, 5.41) is 6.84. The molecule has 4 aromatic rings. The average molecular weight is 491 g/mol. The molecule has 0 spiro atoms. The number of halogens is 2. The van der Waals surface area contributed by atoms with Gasteiger partial charge in [0.1, 0.15) is 11.6 Å². The average Bonchev–Trinajstić information content (AvgIpc) is 3.56. The topological polar surface area (TPSA) is 93.4 Å². The van der Waals surface area contributed by atoms with E-state index in [9.17, 15) is 13.6 Å². The van der Waals surface area contributed by atoms with Gasteiger partial charge in [-0.25, -0.2) is 13.8 Å². The van der Waals surface area contributed by atoms with Gasteiger partial charge in [-0.3, -0.25) is 9.69 Å². The zero-order valence-electron chi connectivity index (χ0n) is 19.4. The summed E-state index contributed by atoms with van der Waals surface area (Å²) >= 11 is 0. The molecule has 1 atom stereocenters. The van der Waals surface area contributed by atoms with E-state index in [1.54, 1.807) is 55.8 Å². The highest BCUT2D eigenvalue weighted by atomic mass is 19.2. The minimum Gasteiger partial charge on any atom is -0.497 e. The third-order valence-electron chi connectivity index (χ3n) is 6.08. The number of likely N-dealkylation sites (tertiary alicyclic amines) is 1. The Morgan fingerprint density at radius 1 is 1.14 bits per heavy atom. The maximum Gasteiger partial charge on any atom is 0.256 e. The van der Waals surface area contributed by atoms with Crippen molar-refractivity contribution >= 4 is 11.7 Å². The van der Waals surface area contributed by atoms with Gasteiger partial charge in [0.05, 0.1) is 13.2 Å². The number of hydrogen-bond donors (Lipinski definition) is 1. The third-order valence-corrected chi connectivity index (χ3v) is 6.08. The number of rotatable bonds is 7. The van der Waals surface area contributed by atoms with Crippen LogP contribution in [0.1, 0.15) is 40.7 Å². The molecule has 8 nitrogen and oxygen atoms in total. The molecule has 0 radical (unpaired) electrons. The van der Waals surface area contributed by atoms with Gasteiger partial charge >= 0.3 is 0 Å². The fourth-order valence-electron chi connectivity index (χ4n) is 4.19. The first kappa shape index (κ1) is 23.6. The molecule has 0 aliphatic carbocycles. The van der Waals surface area contributed by atoms with Crippen LogP contribution in [0, 0.1) is 11.6 Å². The maximum absolute atomic E-state index is 13.6. The lowest BCUT2D eigenvalue weighted by molar-refractivity contribution is 0.102. The molecule has 184 valence electrons. The number of methoxy groups -OCH3 is 1. The van der Waals surface area contributed by atoms with Crippen molar-refractivity contribution in [3.05, 3.63) is 89.4 Å². The van der Waals surface area contributed by atoms with E-state index in [1.807, 2.05) is 0 Å². The van der Waals surface area contributed by atoms with Crippen LogP contribution in [0.5, 0.6) is 5.75 Å². The van der Waals surface area contributed by atoms with Crippen LogP contribution in [0.2, 0.25) is 0 Å². The molecule has 5 rings (SSSR count). The summed E-state index contributed by atoms with van der Waals surface area (Å²) in [6.07, 6.45) is 3.31. The Bertz CT molecular complexity index is 1360. The van der Waals surface area contributed by atoms with E-state index in [2.05, 4.69) is 25.3 Å². The Labute approximate surface area is 205 Å². The molecule has 1 saturated heterocycles. The van der Waals surface area contributed by atoms with Crippen molar-refractivity contribution < 1.29 is 22.8 Å². The summed E-state index contributed by atoms with van der Waals surface area (Å²) < 4.78 is 37.5. The Morgan fingerprint density at radius 2 is 1.97 bits per heavy atom. The number of nitrogens with one attached hydrogen (secondary N) is 1. The number of ether oxygens (including phenoxy) is 1. The van der Waals surface area contributed by atoms with E-state index in [0.29, 0.717) is 46.5 Å². The lowest BCUT2D eigenvalue weighted by Crippen LogP contribution is -2.23. The zero-order chi connectivity index (χ0) is 25.1. The van der Waals surface area contributed by atoms with E-state index in [-0.39, 0.29) is 11.9 Å². The monoisotopic (exact) mass is 491 g/mol. The second-order valence-electron chi connectivity index (χ2n) is 8.45. The van der Waals surface area contributed by atoms with Crippen LogP contribution in [0.25, 0.3) is 11.4 Å². The van der Waals surface area contributed by atoms with Gasteiger partial charge in [-0.05, 0) is 73.5 Å². The Balaban J connectivity index is 1.24. The van der Waals surface area contributed by atoms with Gasteiger partial charge in [-0.1, -0.05) is 11.2 Å². The molecule has 2 aromatic carbocycles. The maximum atomic E-state index is 13.6. The summed E-state index contributed by atoms with van der Waals surface area (Å²) in [5.74, 6) is -0.123. The molecule has 2 aromatic heterocycles. The molecule has 1 amide bonds. The van der Waals surface area contributed by atoms with E-state index < -0.39 is 11.6 Å². The van der Waals surface area contributed by atoms with Crippen molar-refractivity contribution in [1.82, 2.24) is 20.0 Å². The van der Waals surface area contributed by atoms with Crippen LogP contribution < -0.4 is 10.1 Å². The smallest absolute Gasteiger partial charge is 0.256 e. The number of hydrogen-bond acceptors (Lipinski definition) is 7. The minimum absolute atomic E-state index is 0.115. The lowest BCUT2D eigenvalue weighted by atomic mass is 10.1. The Morgan fingerprint density at radius 3 is 2.69 bits per heavy atom. The van der Waals surface area contributed by atoms with Crippen LogP contribution in [0.4, 0.5) is 14.6 Å². The molecule has 1 fully saturated rings. The molecule has 36 heavy (non-hydrogen) atoms. The second-order valence-corrected chi connectivity index (χ2v) is 8.45. The van der Waals surface area contributed by atoms with Gasteiger partial charge in [0.15, 0.2) is 11.6 Å². The summed E-state index contributed by atoms with van der Waals surface area (Å²) in [5.41, 5.74) is 1.79. The summed E-state index contributed by atoms with van der Waals surface area (Å²) in [7, 11) is 1.56. The number of aromatic nitrogens is 3. The first-order chi connectivity index (χ1) is 17.5. The molecule has 1 aliphatic rings. The van der Waals surface area contributed by atoms with Crippen LogP contribution in [0.15, 0.2) is 65.3 Å². The lowest BCUT2D eigenvalue weighted by Gasteiger charge is -2.21. The van der Waals surface area contributed by atoms with Crippen molar-refractivity contribution in [2.24, 2.45) is 0 Å². The van der Waals surface area contributed by atoms with Gasteiger partial charge in [-0.15, -0.1) is 0 Å². The molecule has 0 saturated carbocycles. The first-order valence-electron chi connectivity index (χ1n) is 11.4. The largest absolute Gasteiger partial charge is 0.497 e. The minimum atomic E-state index is -0.863. The Hall–Kier alpha value is -4.18. The van der Waals surface area contributed by atoms with Crippen LogP contribution in [0.3, 0.4) is 0 Å². The highest BCUT2D eigenvalue weighted by molar-refractivity contribution is 6.03. The molecule has 1 N–H and O–H groups in total. The number of benzene rings is 2. The van der Waals surface area contributed by atoms with Crippen molar-refractivity contribution in [2.75, 3.05) is 19.0 Å². The molecular weight excluding hydrogens is 468 g/mol. The van der Waals surface area contributed by atoms with Crippen molar-refractivity contribution in [3.8, 4) is 17.1 Å². The van der Waals surface area contributed by atoms with E-state index in [0.717, 1.165) is 25.5 Å². The van der Waals surface area contributed by atoms with Gasteiger partial charge in [0.25, 0.3) is 5.91 Å². The summed E-state index contributed by atoms with van der Waals surface area (Å²) in [6, 6.07) is 14.0. The SMILES string of the molecule is COc1ccc(C(=O)Nc2ccc(-c3noc(C4CCCN4Cc4ccc(F)c(F)c4)n3)cn2)cc1. The van der Waals surface area contributed by atoms with Gasteiger partial charge in [-0.2, -0.15) is 4.98 Å². The van der Waals surface area contributed by atoms with Crippen molar-refractivity contribution in [1.29, 1.82) is 0 Å². The van der Waals surface area contributed by atoms with Crippen molar-refractivity contribution in [2.45, 2.75) is 25.4 Å². The summed E-state index contributed by atoms with van der Waals surface area (Å²) in [4.78, 5) is 23.4. The van der Waals surface area contributed by atoms with Crippen LogP contribution in [-0.4, -0.2) is 39.6 Å². The zero-order valence-corrected chi connectivity index (χ0v) is 19.4. The normalized spacial score (nSPS) is 15.7. The van der Waals surface area contributed by atoms with E-state index in [4.69, 9.17) is 9.26 Å². The van der Waals surface area contributed by atoms with E-state index >= 15 is 0 Å². The standard InChI is InChI=1S/C26H23F2N5O3/c1-35-19-8-5-17(6-9-19)25(34)30-23-11-7-18(14-29-23)24-31-26(36-32-24)22-3-2-12-33(22)15-16-4-10-20(27)21(28)13-16/h4-11,13-14,22H,2-3,12,15H2,1H3,(H,29,30,34). The predicted molar refractivity (Wildman–Crippen MR) is 127 cm³/mol. The quantitative estimate of drug-likeness (QED) is 0.389. The van der Waals surface area contributed by atoms with Crippen molar-refractivity contribution in [3.63, 3.8) is 0 Å². The highest BCUT2D eigenvalue weighted by Crippen LogP contribution is 2.33. The molecule has 0 bridgehead atoms. The van der Waals surface area contributed by atoms with Gasteiger partial charge in [0.2, 0.25) is 11.7 Å². The number of amides is 1. The molecule has 3 heterocycles. The molecule has 1 unspecified atom stereocenters. The Kier molecular flexibility index (Phi) is 6.68. The molecule has 1 aliphatic heterocycles. The van der Waals surface area contributed by atoms with Crippen LogP contribution >= 0.6 is 0 Å². The number of nitrogens with zero attached hydrogens (tertiary/aromatic N) is 4. The molecular formula is C26H23F2N5O3. The fraction of sp³-hybridized carbons (Fsp3) is 0.231. The van der Waals surface area contributed by atoms with Gasteiger partial charge < -0.3 is 14.6 Å². The van der Waals surface area contributed by atoms with Gasteiger partial charge in [0, 0.05) is 23.9 Å². The second kappa shape index (κ2) is 10.2. The highest BCUT2D eigenvalue weighted by Gasteiger charge is 2.31. The number of pyridine rings is 1. The summed E-state index contributed by atoms with van der Waals surface area (Å²) in [6.45, 7) is 1.23. The first-order valence-corrected chi connectivity index (χ1v) is 11.4. The predicted octanol–water partition coefficient (Wildman–Crippen LogP) is 5.01. The molecule has 10 heteroatoms.